The molecule has 2 aromatic rings. The Morgan fingerprint density at radius 1 is 1.29 bits per heavy atom. The van der Waals surface area contributed by atoms with Crippen molar-refractivity contribution in [2.75, 3.05) is 20.3 Å². The van der Waals surface area contributed by atoms with Crippen molar-refractivity contribution < 1.29 is 14.3 Å². The van der Waals surface area contributed by atoms with Gasteiger partial charge in [-0.15, -0.1) is 0 Å². The molecule has 1 atom stereocenters. The van der Waals surface area contributed by atoms with Gasteiger partial charge in [0.2, 0.25) is 0 Å². The second-order valence-electron chi connectivity index (χ2n) is 4.81. The average Bonchev–Trinajstić information content (AvgIpc) is 2.47. The summed E-state index contributed by atoms with van der Waals surface area (Å²) in [5.41, 5.74) is 0. The molecule has 0 fully saturated rings. The largest absolute Gasteiger partial charge is 0.483 e. The number of amides is 1. The first-order valence-corrected chi connectivity index (χ1v) is 7.49. The van der Waals surface area contributed by atoms with Crippen LogP contribution in [-0.2, 0) is 9.53 Å². The van der Waals surface area contributed by atoms with Gasteiger partial charge < -0.3 is 14.8 Å². The predicted octanol–water partition coefficient (Wildman–Crippen LogP) is 3.13. The highest BCUT2D eigenvalue weighted by Crippen LogP contribution is 2.32. The lowest BCUT2D eigenvalue weighted by Gasteiger charge is -2.14. The molecule has 0 bridgehead atoms. The SMILES string of the molecule is COCC(C)NC(=O)COc1ccc2ccccc2c1Br. The summed E-state index contributed by atoms with van der Waals surface area (Å²) in [6, 6.07) is 11.8. The van der Waals surface area contributed by atoms with E-state index in [0.717, 1.165) is 15.2 Å². The fourth-order valence-corrected chi connectivity index (χ4v) is 2.68. The topological polar surface area (TPSA) is 47.6 Å². The minimum absolute atomic E-state index is 0.0228. The predicted molar refractivity (Wildman–Crippen MR) is 86.6 cm³/mol. The third kappa shape index (κ3) is 4.19. The number of halogens is 1. The molecule has 5 heteroatoms. The van der Waals surface area contributed by atoms with Crippen molar-refractivity contribution in [1.82, 2.24) is 5.32 Å². The Kier molecular flexibility index (Phi) is 5.59. The molecule has 4 nitrogen and oxygen atoms in total. The Balaban J connectivity index is 2.00. The highest BCUT2D eigenvalue weighted by Gasteiger charge is 2.10. The molecule has 0 aliphatic rings. The first-order valence-electron chi connectivity index (χ1n) is 6.70. The Hall–Kier alpha value is -1.59. The normalized spacial score (nSPS) is 12.1. The van der Waals surface area contributed by atoms with E-state index < -0.39 is 0 Å². The van der Waals surface area contributed by atoms with Crippen LogP contribution in [-0.4, -0.2) is 32.3 Å². The Morgan fingerprint density at radius 2 is 2.05 bits per heavy atom. The third-order valence-corrected chi connectivity index (χ3v) is 3.83. The smallest absolute Gasteiger partial charge is 0.258 e. The Labute approximate surface area is 132 Å². The van der Waals surface area contributed by atoms with Gasteiger partial charge in [0.25, 0.3) is 5.91 Å². The van der Waals surface area contributed by atoms with Gasteiger partial charge in [0.15, 0.2) is 6.61 Å². The summed E-state index contributed by atoms with van der Waals surface area (Å²) >= 11 is 3.53. The summed E-state index contributed by atoms with van der Waals surface area (Å²) in [6.45, 7) is 2.34. The van der Waals surface area contributed by atoms with Crippen LogP contribution in [0.3, 0.4) is 0 Å². The second kappa shape index (κ2) is 7.43. The maximum atomic E-state index is 11.8. The highest BCUT2D eigenvalue weighted by atomic mass is 79.9. The molecule has 1 unspecified atom stereocenters. The van der Waals surface area contributed by atoms with Crippen LogP contribution in [0.2, 0.25) is 0 Å². The third-order valence-electron chi connectivity index (χ3n) is 3.01. The summed E-state index contributed by atoms with van der Waals surface area (Å²) in [4.78, 5) is 11.8. The maximum absolute atomic E-state index is 11.8. The lowest BCUT2D eigenvalue weighted by atomic mass is 10.1. The van der Waals surface area contributed by atoms with Gasteiger partial charge in [-0.05, 0) is 39.7 Å². The molecular formula is C16H18BrNO3. The number of nitrogens with one attached hydrogen (secondary N) is 1. The van der Waals surface area contributed by atoms with E-state index in [-0.39, 0.29) is 18.6 Å². The van der Waals surface area contributed by atoms with Crippen LogP contribution in [0, 0.1) is 0 Å². The van der Waals surface area contributed by atoms with Gasteiger partial charge in [0.1, 0.15) is 5.75 Å². The molecule has 2 rings (SSSR count). The number of ether oxygens (including phenoxy) is 2. The summed E-state index contributed by atoms with van der Waals surface area (Å²) in [5.74, 6) is 0.489. The number of hydrogen-bond donors (Lipinski definition) is 1. The van der Waals surface area contributed by atoms with E-state index in [1.165, 1.54) is 0 Å². The molecule has 21 heavy (non-hydrogen) atoms. The zero-order valence-electron chi connectivity index (χ0n) is 12.1. The molecule has 0 radical (unpaired) electrons. The lowest BCUT2D eigenvalue weighted by Crippen LogP contribution is -2.38. The van der Waals surface area contributed by atoms with Crippen molar-refractivity contribution >= 4 is 32.6 Å². The average molecular weight is 352 g/mol. The zero-order valence-corrected chi connectivity index (χ0v) is 13.6. The molecule has 1 amide bonds. The number of benzene rings is 2. The number of rotatable bonds is 6. The van der Waals surface area contributed by atoms with Gasteiger partial charge in [-0.1, -0.05) is 30.3 Å². The molecule has 0 heterocycles. The van der Waals surface area contributed by atoms with Crippen molar-refractivity contribution in [2.45, 2.75) is 13.0 Å². The second-order valence-corrected chi connectivity index (χ2v) is 5.60. The van der Waals surface area contributed by atoms with Gasteiger partial charge in [-0.2, -0.15) is 0 Å². The monoisotopic (exact) mass is 351 g/mol. The Morgan fingerprint density at radius 3 is 2.81 bits per heavy atom. The van der Waals surface area contributed by atoms with Crippen LogP contribution in [0.15, 0.2) is 40.9 Å². The van der Waals surface area contributed by atoms with E-state index in [1.54, 1.807) is 7.11 Å². The van der Waals surface area contributed by atoms with E-state index in [0.29, 0.717) is 12.4 Å². The summed E-state index contributed by atoms with van der Waals surface area (Å²) in [6.07, 6.45) is 0. The van der Waals surface area contributed by atoms with Crippen molar-refractivity contribution in [3.63, 3.8) is 0 Å². The molecule has 0 saturated heterocycles. The van der Waals surface area contributed by atoms with Crippen LogP contribution in [0.5, 0.6) is 5.75 Å². The minimum Gasteiger partial charge on any atom is -0.483 e. The molecule has 0 spiro atoms. The minimum atomic E-state index is -0.167. The Bertz CT molecular complexity index is 630. The number of carbonyl (C=O) groups is 1. The number of fused-ring (bicyclic) bond motifs is 1. The maximum Gasteiger partial charge on any atom is 0.258 e. The molecule has 112 valence electrons. The van der Waals surface area contributed by atoms with Crippen molar-refractivity contribution in [1.29, 1.82) is 0 Å². The van der Waals surface area contributed by atoms with E-state index in [2.05, 4.69) is 21.2 Å². The van der Waals surface area contributed by atoms with E-state index in [4.69, 9.17) is 9.47 Å². The van der Waals surface area contributed by atoms with Crippen LogP contribution < -0.4 is 10.1 Å². The van der Waals surface area contributed by atoms with Gasteiger partial charge >= 0.3 is 0 Å². The fourth-order valence-electron chi connectivity index (χ4n) is 2.08. The van der Waals surface area contributed by atoms with Crippen LogP contribution in [0.25, 0.3) is 10.8 Å². The number of methoxy groups -OCH3 is 1. The van der Waals surface area contributed by atoms with Gasteiger partial charge in [0, 0.05) is 13.2 Å². The number of hydrogen-bond acceptors (Lipinski definition) is 3. The van der Waals surface area contributed by atoms with Crippen molar-refractivity contribution in [3.05, 3.63) is 40.9 Å². The standard InChI is InChI=1S/C16H18BrNO3/c1-11(9-20-2)18-15(19)10-21-14-8-7-12-5-3-4-6-13(12)16(14)17/h3-8,11H,9-10H2,1-2H3,(H,18,19). The van der Waals surface area contributed by atoms with Crippen LogP contribution in [0.1, 0.15) is 6.92 Å². The summed E-state index contributed by atoms with van der Waals surface area (Å²) in [5, 5.41) is 4.98. The summed E-state index contributed by atoms with van der Waals surface area (Å²) < 4.78 is 11.4. The number of carbonyl (C=O) groups excluding carboxylic acids is 1. The van der Waals surface area contributed by atoms with Gasteiger partial charge in [0.05, 0.1) is 11.1 Å². The van der Waals surface area contributed by atoms with Gasteiger partial charge in [-0.25, -0.2) is 0 Å². The van der Waals surface area contributed by atoms with Gasteiger partial charge in [-0.3, -0.25) is 4.79 Å². The highest BCUT2D eigenvalue weighted by molar-refractivity contribution is 9.10. The van der Waals surface area contributed by atoms with E-state index in [9.17, 15) is 4.79 Å². The van der Waals surface area contributed by atoms with E-state index in [1.807, 2.05) is 43.3 Å². The fraction of sp³-hybridized carbons (Fsp3) is 0.312. The lowest BCUT2D eigenvalue weighted by molar-refractivity contribution is -0.124. The van der Waals surface area contributed by atoms with E-state index >= 15 is 0 Å². The molecule has 1 N–H and O–H groups in total. The summed E-state index contributed by atoms with van der Waals surface area (Å²) in [7, 11) is 1.60. The molecule has 0 aromatic heterocycles. The quantitative estimate of drug-likeness (QED) is 0.869. The first-order chi connectivity index (χ1) is 10.1. The first kappa shape index (κ1) is 15.8. The van der Waals surface area contributed by atoms with Crippen molar-refractivity contribution in [3.8, 4) is 5.75 Å². The molecule has 0 aliphatic carbocycles. The van der Waals surface area contributed by atoms with Crippen LogP contribution in [0.4, 0.5) is 0 Å². The molecular weight excluding hydrogens is 334 g/mol. The molecule has 0 saturated carbocycles. The van der Waals surface area contributed by atoms with Crippen molar-refractivity contribution in [2.24, 2.45) is 0 Å². The molecule has 0 aliphatic heterocycles. The van der Waals surface area contributed by atoms with Crippen LogP contribution >= 0.6 is 15.9 Å². The molecule has 2 aromatic carbocycles. The zero-order chi connectivity index (χ0) is 15.2.